The number of ether oxygens (including phenoxy) is 1. The monoisotopic (exact) mass is 349 g/mol. The summed E-state index contributed by atoms with van der Waals surface area (Å²) in [6.45, 7) is -0.379. The van der Waals surface area contributed by atoms with Gasteiger partial charge in [0.1, 0.15) is 30.2 Å². The van der Waals surface area contributed by atoms with Gasteiger partial charge in [0, 0.05) is 5.92 Å². The summed E-state index contributed by atoms with van der Waals surface area (Å²) >= 11 is 0. The minimum Gasteiger partial charge on any atom is -0.394 e. The van der Waals surface area contributed by atoms with Crippen LogP contribution in [0.25, 0.3) is 11.2 Å². The van der Waals surface area contributed by atoms with Crippen LogP contribution in [0.3, 0.4) is 0 Å². The van der Waals surface area contributed by atoms with Gasteiger partial charge < -0.3 is 25.8 Å². The van der Waals surface area contributed by atoms with Crippen molar-refractivity contribution in [3.8, 4) is 0 Å². The SMILES string of the molecule is Nc1ncnc2c1ncn2C1(C2CCCCC2)OC(CO)C(O)C1O. The minimum absolute atomic E-state index is 0.0314. The summed E-state index contributed by atoms with van der Waals surface area (Å²) in [5.74, 6) is 0.213. The van der Waals surface area contributed by atoms with Gasteiger partial charge in [-0.15, -0.1) is 0 Å². The van der Waals surface area contributed by atoms with Crippen molar-refractivity contribution in [2.45, 2.75) is 56.1 Å². The molecule has 0 amide bonds. The van der Waals surface area contributed by atoms with E-state index in [1.165, 1.54) is 12.7 Å². The highest BCUT2D eigenvalue weighted by molar-refractivity contribution is 5.81. The lowest BCUT2D eigenvalue weighted by Gasteiger charge is -2.42. The van der Waals surface area contributed by atoms with E-state index in [-0.39, 0.29) is 18.3 Å². The lowest BCUT2D eigenvalue weighted by molar-refractivity contribution is -0.187. The predicted molar refractivity (Wildman–Crippen MR) is 88.3 cm³/mol. The average Bonchev–Trinajstić information content (AvgIpc) is 3.18. The maximum atomic E-state index is 11.0. The Labute approximate surface area is 144 Å². The molecule has 3 heterocycles. The zero-order chi connectivity index (χ0) is 17.6. The first kappa shape index (κ1) is 16.6. The number of aliphatic hydroxyl groups is 3. The summed E-state index contributed by atoms with van der Waals surface area (Å²) in [7, 11) is 0. The Morgan fingerprint density at radius 3 is 2.64 bits per heavy atom. The maximum absolute atomic E-state index is 11.0. The number of aliphatic hydroxyl groups excluding tert-OH is 3. The van der Waals surface area contributed by atoms with E-state index in [1.54, 1.807) is 4.57 Å². The molecule has 2 aliphatic rings. The molecule has 1 saturated carbocycles. The summed E-state index contributed by atoms with van der Waals surface area (Å²) in [6.07, 6.45) is 4.47. The molecule has 0 spiro atoms. The number of rotatable bonds is 3. The first-order valence-electron chi connectivity index (χ1n) is 8.68. The van der Waals surface area contributed by atoms with Gasteiger partial charge in [-0.25, -0.2) is 15.0 Å². The number of aromatic nitrogens is 4. The van der Waals surface area contributed by atoms with Crippen LogP contribution in [0.5, 0.6) is 0 Å². The van der Waals surface area contributed by atoms with Crippen molar-refractivity contribution in [2.75, 3.05) is 12.3 Å². The third kappa shape index (κ3) is 2.34. The Morgan fingerprint density at radius 2 is 1.96 bits per heavy atom. The predicted octanol–water partition coefficient (Wildman–Crippen LogP) is -0.246. The molecule has 5 N–H and O–H groups in total. The van der Waals surface area contributed by atoms with Crippen molar-refractivity contribution >= 4 is 17.0 Å². The molecular weight excluding hydrogens is 326 g/mol. The van der Waals surface area contributed by atoms with Gasteiger partial charge in [-0.3, -0.25) is 4.57 Å². The first-order valence-corrected chi connectivity index (χ1v) is 8.68. The van der Waals surface area contributed by atoms with Crippen molar-refractivity contribution in [1.29, 1.82) is 0 Å². The molecular formula is C16H23N5O4. The van der Waals surface area contributed by atoms with Crippen LogP contribution < -0.4 is 5.73 Å². The van der Waals surface area contributed by atoms with E-state index in [9.17, 15) is 15.3 Å². The fraction of sp³-hybridized carbons (Fsp3) is 0.688. The van der Waals surface area contributed by atoms with Gasteiger partial charge in [0.05, 0.1) is 12.9 Å². The van der Waals surface area contributed by atoms with Gasteiger partial charge >= 0.3 is 0 Å². The number of anilines is 1. The summed E-state index contributed by atoms with van der Waals surface area (Å²) in [6, 6.07) is 0. The van der Waals surface area contributed by atoms with Crippen LogP contribution in [-0.2, 0) is 10.5 Å². The highest BCUT2D eigenvalue weighted by Gasteiger charge is 2.59. The highest BCUT2D eigenvalue weighted by Crippen LogP contribution is 2.48. The molecule has 2 aromatic rings. The maximum Gasteiger partial charge on any atom is 0.179 e. The largest absolute Gasteiger partial charge is 0.394 e. The van der Waals surface area contributed by atoms with Crippen molar-refractivity contribution in [2.24, 2.45) is 5.92 Å². The second-order valence-corrected chi connectivity index (χ2v) is 6.91. The van der Waals surface area contributed by atoms with E-state index in [0.717, 1.165) is 32.1 Å². The van der Waals surface area contributed by atoms with E-state index in [2.05, 4.69) is 15.0 Å². The molecule has 25 heavy (non-hydrogen) atoms. The van der Waals surface area contributed by atoms with E-state index in [1.807, 2.05) is 0 Å². The number of fused-ring (bicyclic) bond motifs is 1. The Hall–Kier alpha value is -1.81. The molecule has 1 aliphatic carbocycles. The zero-order valence-electron chi connectivity index (χ0n) is 13.8. The van der Waals surface area contributed by atoms with Crippen molar-refractivity contribution in [3.63, 3.8) is 0 Å². The molecule has 136 valence electrons. The topological polar surface area (TPSA) is 140 Å². The van der Waals surface area contributed by atoms with Gasteiger partial charge in [-0.2, -0.15) is 0 Å². The Kier molecular flexibility index (Phi) is 4.11. The molecule has 2 aromatic heterocycles. The molecule has 2 fully saturated rings. The third-order valence-electron chi connectivity index (χ3n) is 5.58. The number of nitrogens with zero attached hydrogens (tertiary/aromatic N) is 4. The standard InChI is InChI=1S/C16H23N5O4/c17-14-11-15(19-7-18-14)21(8-20-11)16(9-4-2-1-3-5-9)13(24)12(23)10(6-22)25-16/h7-10,12-13,22-24H,1-6H2,(H2,17,18,19). The van der Waals surface area contributed by atoms with Gasteiger partial charge in [0.15, 0.2) is 17.2 Å². The van der Waals surface area contributed by atoms with Crippen molar-refractivity contribution < 1.29 is 20.1 Å². The van der Waals surface area contributed by atoms with Crippen LogP contribution in [0.1, 0.15) is 32.1 Å². The summed E-state index contributed by atoms with van der Waals surface area (Å²) in [5.41, 5.74) is 5.53. The Morgan fingerprint density at radius 1 is 1.20 bits per heavy atom. The molecule has 0 aromatic carbocycles. The van der Waals surface area contributed by atoms with E-state index in [4.69, 9.17) is 10.5 Å². The van der Waals surface area contributed by atoms with Crippen LogP contribution in [-0.4, -0.2) is 59.8 Å². The second kappa shape index (κ2) is 6.17. The number of imidazole rings is 1. The fourth-order valence-corrected chi connectivity index (χ4v) is 4.33. The smallest absolute Gasteiger partial charge is 0.179 e. The first-order chi connectivity index (χ1) is 12.1. The van der Waals surface area contributed by atoms with E-state index < -0.39 is 24.0 Å². The molecule has 9 nitrogen and oxygen atoms in total. The summed E-state index contributed by atoms with van der Waals surface area (Å²) < 4.78 is 7.79. The molecule has 1 saturated heterocycles. The molecule has 4 unspecified atom stereocenters. The van der Waals surface area contributed by atoms with Crippen LogP contribution >= 0.6 is 0 Å². The fourth-order valence-electron chi connectivity index (χ4n) is 4.33. The molecule has 1 aliphatic heterocycles. The third-order valence-corrected chi connectivity index (χ3v) is 5.58. The Bertz CT molecular complexity index is 762. The Balaban J connectivity index is 1.90. The number of nitrogens with two attached hydrogens (primary N) is 1. The molecule has 4 rings (SSSR count). The van der Waals surface area contributed by atoms with E-state index in [0.29, 0.717) is 11.2 Å². The summed E-state index contributed by atoms with van der Waals surface area (Å²) in [4.78, 5) is 12.5. The van der Waals surface area contributed by atoms with Crippen LogP contribution in [0.2, 0.25) is 0 Å². The minimum atomic E-state index is -1.23. The van der Waals surface area contributed by atoms with E-state index >= 15 is 0 Å². The van der Waals surface area contributed by atoms with Gasteiger partial charge in [0.2, 0.25) is 0 Å². The van der Waals surface area contributed by atoms with Crippen molar-refractivity contribution in [3.05, 3.63) is 12.7 Å². The number of hydrogen-bond donors (Lipinski definition) is 4. The quantitative estimate of drug-likeness (QED) is 0.595. The van der Waals surface area contributed by atoms with Crippen LogP contribution in [0, 0.1) is 5.92 Å². The average molecular weight is 349 g/mol. The normalized spacial score (nSPS) is 34.0. The highest BCUT2D eigenvalue weighted by atomic mass is 16.6. The molecule has 0 bridgehead atoms. The molecule has 9 heteroatoms. The molecule has 0 radical (unpaired) electrons. The van der Waals surface area contributed by atoms with Crippen LogP contribution in [0.15, 0.2) is 12.7 Å². The zero-order valence-corrected chi connectivity index (χ0v) is 13.8. The lowest BCUT2D eigenvalue weighted by atomic mass is 9.78. The summed E-state index contributed by atoms with van der Waals surface area (Å²) in [5, 5.41) is 30.9. The number of hydrogen-bond acceptors (Lipinski definition) is 8. The van der Waals surface area contributed by atoms with Gasteiger partial charge in [-0.1, -0.05) is 19.3 Å². The van der Waals surface area contributed by atoms with Gasteiger partial charge in [0.25, 0.3) is 0 Å². The van der Waals surface area contributed by atoms with Crippen molar-refractivity contribution in [1.82, 2.24) is 19.5 Å². The second-order valence-electron chi connectivity index (χ2n) is 6.91. The molecule has 4 atom stereocenters. The number of nitrogen functional groups attached to an aromatic ring is 1. The van der Waals surface area contributed by atoms with Crippen LogP contribution in [0.4, 0.5) is 5.82 Å². The lowest BCUT2D eigenvalue weighted by Crippen LogP contribution is -2.51. The van der Waals surface area contributed by atoms with Gasteiger partial charge in [-0.05, 0) is 12.8 Å².